The second-order valence-electron chi connectivity index (χ2n) is 4.37. The number of aromatic nitrogens is 2. The Morgan fingerprint density at radius 3 is 2.81 bits per heavy atom. The monoisotopic (exact) mass is 301 g/mol. The predicted molar refractivity (Wildman–Crippen MR) is 81.6 cm³/mol. The molecular weight excluding hydrogens is 286 g/mol. The van der Waals surface area contributed by atoms with Gasteiger partial charge in [0, 0.05) is 17.5 Å². The van der Waals surface area contributed by atoms with E-state index in [0.717, 1.165) is 11.3 Å². The molecule has 1 N–H and O–H groups in total. The van der Waals surface area contributed by atoms with Gasteiger partial charge >= 0.3 is 0 Å². The van der Waals surface area contributed by atoms with Crippen molar-refractivity contribution in [3.8, 4) is 11.8 Å². The van der Waals surface area contributed by atoms with Crippen molar-refractivity contribution >= 4 is 11.8 Å². The molecule has 0 unspecified atom stereocenters. The molecule has 0 bridgehead atoms. The summed E-state index contributed by atoms with van der Waals surface area (Å²) in [6.07, 6.45) is 0.405. The van der Waals surface area contributed by atoms with Gasteiger partial charge < -0.3 is 9.72 Å². The largest absolute Gasteiger partial charge is 0.493 e. The van der Waals surface area contributed by atoms with Gasteiger partial charge in [0.2, 0.25) is 0 Å². The first-order valence-corrected chi connectivity index (χ1v) is 7.45. The highest BCUT2D eigenvalue weighted by Gasteiger charge is 2.00. The van der Waals surface area contributed by atoms with Crippen LogP contribution in [0, 0.1) is 18.3 Å². The van der Waals surface area contributed by atoms with E-state index in [9.17, 15) is 4.79 Å². The Morgan fingerprint density at radius 1 is 1.38 bits per heavy atom. The third-order valence-electron chi connectivity index (χ3n) is 2.65. The second-order valence-corrected chi connectivity index (χ2v) is 5.45. The summed E-state index contributed by atoms with van der Waals surface area (Å²) in [5.74, 6) is 1.45. The maximum atomic E-state index is 11.3. The van der Waals surface area contributed by atoms with Gasteiger partial charge in [-0.1, -0.05) is 23.9 Å². The fourth-order valence-electron chi connectivity index (χ4n) is 1.71. The van der Waals surface area contributed by atoms with Crippen LogP contribution in [0.2, 0.25) is 0 Å². The summed E-state index contributed by atoms with van der Waals surface area (Å²) >= 11 is 1.44. The summed E-state index contributed by atoms with van der Waals surface area (Å²) in [4.78, 5) is 18.2. The van der Waals surface area contributed by atoms with Gasteiger partial charge in [-0.25, -0.2) is 4.98 Å². The van der Waals surface area contributed by atoms with Crippen molar-refractivity contribution in [1.29, 1.82) is 5.26 Å². The Labute approximate surface area is 127 Å². The first kappa shape index (κ1) is 15.1. The first-order valence-electron chi connectivity index (χ1n) is 6.47. The molecule has 1 aromatic heterocycles. The average Bonchev–Trinajstić information content (AvgIpc) is 2.45. The van der Waals surface area contributed by atoms with E-state index in [-0.39, 0.29) is 5.56 Å². The minimum Gasteiger partial charge on any atom is -0.493 e. The van der Waals surface area contributed by atoms with Crippen molar-refractivity contribution in [2.75, 3.05) is 12.4 Å². The fourth-order valence-corrected chi connectivity index (χ4v) is 2.45. The molecule has 0 radical (unpaired) electrons. The Kier molecular flexibility index (Phi) is 5.41. The average molecular weight is 301 g/mol. The number of hydrogen-bond acceptors (Lipinski definition) is 5. The van der Waals surface area contributed by atoms with Crippen LogP contribution in [0.5, 0.6) is 5.75 Å². The van der Waals surface area contributed by atoms with Gasteiger partial charge in [-0.05, 0) is 24.6 Å². The standard InChI is InChI=1S/C15H15N3O2S/c1-11-10-14(19)18-15(17-11)21-9-8-20-13-4-2-12(3-5-13)6-7-16/h2-5,10H,6,8-9H2,1H3,(H,17,18,19). The topological polar surface area (TPSA) is 78.8 Å². The van der Waals surface area contributed by atoms with E-state index >= 15 is 0 Å². The van der Waals surface area contributed by atoms with Crippen LogP contribution in [0.25, 0.3) is 0 Å². The minimum absolute atomic E-state index is 0.140. The SMILES string of the molecule is Cc1cc(=O)[nH]c(SCCOc2ccc(CC#N)cc2)n1. The lowest BCUT2D eigenvalue weighted by Crippen LogP contribution is -2.09. The molecule has 6 heteroatoms. The minimum atomic E-state index is -0.140. The Bertz CT molecular complexity index is 689. The van der Waals surface area contributed by atoms with Crippen LogP contribution in [0.15, 0.2) is 40.3 Å². The summed E-state index contributed by atoms with van der Waals surface area (Å²) in [6, 6.07) is 11.0. The highest BCUT2D eigenvalue weighted by Crippen LogP contribution is 2.15. The van der Waals surface area contributed by atoms with E-state index in [4.69, 9.17) is 10.00 Å². The van der Waals surface area contributed by atoms with Crippen LogP contribution >= 0.6 is 11.8 Å². The number of aryl methyl sites for hydroxylation is 1. The summed E-state index contributed by atoms with van der Waals surface area (Å²) in [7, 11) is 0. The Hall–Kier alpha value is -2.26. The molecule has 0 aliphatic heterocycles. The molecule has 0 atom stereocenters. The number of rotatable bonds is 6. The van der Waals surface area contributed by atoms with Gasteiger partial charge in [-0.3, -0.25) is 4.79 Å². The quantitative estimate of drug-likeness (QED) is 0.503. The van der Waals surface area contributed by atoms with Crippen LogP contribution in [0.4, 0.5) is 0 Å². The van der Waals surface area contributed by atoms with Crippen molar-refractivity contribution in [3.05, 3.63) is 51.9 Å². The van der Waals surface area contributed by atoms with Gasteiger partial charge in [-0.15, -0.1) is 0 Å². The Morgan fingerprint density at radius 2 is 2.14 bits per heavy atom. The summed E-state index contributed by atoms with van der Waals surface area (Å²) in [5.41, 5.74) is 1.54. The van der Waals surface area contributed by atoms with Gasteiger partial charge in [0.05, 0.1) is 19.1 Å². The smallest absolute Gasteiger partial charge is 0.251 e. The zero-order chi connectivity index (χ0) is 15.1. The molecule has 2 aromatic rings. The van der Waals surface area contributed by atoms with Crippen LogP contribution in [-0.2, 0) is 6.42 Å². The van der Waals surface area contributed by atoms with Crippen molar-refractivity contribution in [3.63, 3.8) is 0 Å². The van der Waals surface area contributed by atoms with E-state index in [1.54, 1.807) is 6.92 Å². The van der Waals surface area contributed by atoms with Crippen LogP contribution in [-0.4, -0.2) is 22.3 Å². The molecule has 0 fully saturated rings. The molecule has 0 aliphatic rings. The van der Waals surface area contributed by atoms with Crippen molar-refractivity contribution < 1.29 is 4.74 Å². The van der Waals surface area contributed by atoms with Crippen LogP contribution < -0.4 is 10.3 Å². The number of ether oxygens (including phenoxy) is 1. The second kappa shape index (κ2) is 7.50. The third kappa shape index (κ3) is 4.97. The normalized spacial score (nSPS) is 10.1. The molecule has 1 aromatic carbocycles. The van der Waals surface area contributed by atoms with Gasteiger partial charge in [0.15, 0.2) is 5.16 Å². The maximum absolute atomic E-state index is 11.3. The van der Waals surface area contributed by atoms with Crippen LogP contribution in [0.1, 0.15) is 11.3 Å². The first-order chi connectivity index (χ1) is 10.2. The molecule has 0 aliphatic carbocycles. The molecule has 108 valence electrons. The lowest BCUT2D eigenvalue weighted by Gasteiger charge is -2.06. The molecule has 0 saturated carbocycles. The van der Waals surface area contributed by atoms with Crippen molar-refractivity contribution in [2.24, 2.45) is 0 Å². The van der Waals surface area contributed by atoms with E-state index in [0.29, 0.717) is 29.6 Å². The molecule has 21 heavy (non-hydrogen) atoms. The van der Waals surface area contributed by atoms with Gasteiger partial charge in [0.1, 0.15) is 5.75 Å². The zero-order valence-corrected chi connectivity index (χ0v) is 12.4. The number of aromatic amines is 1. The Balaban J connectivity index is 1.79. The summed E-state index contributed by atoms with van der Waals surface area (Å²) < 4.78 is 5.60. The predicted octanol–water partition coefficient (Wildman–Crippen LogP) is 2.32. The van der Waals surface area contributed by atoms with Crippen molar-refractivity contribution in [2.45, 2.75) is 18.5 Å². The highest BCUT2D eigenvalue weighted by atomic mass is 32.2. The van der Waals surface area contributed by atoms with E-state index < -0.39 is 0 Å². The highest BCUT2D eigenvalue weighted by molar-refractivity contribution is 7.99. The van der Waals surface area contributed by atoms with E-state index in [1.807, 2.05) is 24.3 Å². The lowest BCUT2D eigenvalue weighted by atomic mass is 10.2. The van der Waals surface area contributed by atoms with Crippen LogP contribution in [0.3, 0.4) is 0 Å². The zero-order valence-electron chi connectivity index (χ0n) is 11.6. The molecule has 0 saturated heterocycles. The molecule has 0 amide bonds. The number of nitriles is 1. The van der Waals surface area contributed by atoms with Gasteiger partial charge in [0.25, 0.3) is 5.56 Å². The number of benzene rings is 1. The number of hydrogen-bond donors (Lipinski definition) is 1. The number of nitrogens with zero attached hydrogens (tertiary/aromatic N) is 2. The molecule has 2 rings (SSSR count). The summed E-state index contributed by atoms with van der Waals surface area (Å²) in [5, 5.41) is 9.20. The third-order valence-corrected chi connectivity index (χ3v) is 3.48. The number of nitrogens with one attached hydrogen (secondary N) is 1. The molecular formula is C15H15N3O2S. The summed E-state index contributed by atoms with van der Waals surface area (Å²) in [6.45, 7) is 2.30. The number of H-pyrrole nitrogens is 1. The van der Waals surface area contributed by atoms with Crippen molar-refractivity contribution in [1.82, 2.24) is 9.97 Å². The number of thioether (sulfide) groups is 1. The molecule has 5 nitrogen and oxygen atoms in total. The maximum Gasteiger partial charge on any atom is 0.251 e. The van der Waals surface area contributed by atoms with E-state index in [2.05, 4.69) is 16.0 Å². The fraction of sp³-hybridized carbons (Fsp3) is 0.267. The lowest BCUT2D eigenvalue weighted by molar-refractivity contribution is 0.344. The van der Waals surface area contributed by atoms with E-state index in [1.165, 1.54) is 17.8 Å². The molecule has 0 spiro atoms. The molecule has 1 heterocycles. The van der Waals surface area contributed by atoms with Gasteiger partial charge in [-0.2, -0.15) is 5.26 Å².